The number of carbonyl (C=O) groups is 7. The van der Waals surface area contributed by atoms with E-state index in [-0.39, 0.29) is 82.7 Å². The van der Waals surface area contributed by atoms with Gasteiger partial charge in [-0.2, -0.15) is 15.8 Å². The molecule has 34 nitrogen and oxygen atoms in total. The molecule has 9 heterocycles. The summed E-state index contributed by atoms with van der Waals surface area (Å²) in [7, 11) is 7.30. The number of Topliss-reactive ketones (excluding diaryl/α,β-unsaturated/α-hetero) is 3. The van der Waals surface area contributed by atoms with Crippen LogP contribution >= 0.6 is 0 Å². The van der Waals surface area contributed by atoms with Gasteiger partial charge in [-0.3, -0.25) is 29.3 Å². The van der Waals surface area contributed by atoms with Gasteiger partial charge in [0.1, 0.15) is 34.9 Å². The van der Waals surface area contributed by atoms with Crippen molar-refractivity contribution in [2.45, 2.75) is 97.8 Å². The second-order valence-electron chi connectivity index (χ2n) is 34.9. The molecule has 0 bridgehead atoms. The summed E-state index contributed by atoms with van der Waals surface area (Å²) in [5, 5.41) is 57.4. The summed E-state index contributed by atoms with van der Waals surface area (Å²) >= 11 is 0. The Hall–Kier alpha value is -13.8. The van der Waals surface area contributed by atoms with Crippen LogP contribution < -0.4 is 41.7 Å². The van der Waals surface area contributed by atoms with E-state index in [1.54, 1.807) is 124 Å². The minimum absolute atomic E-state index is 0. The molecule has 718 valence electrons. The van der Waals surface area contributed by atoms with Gasteiger partial charge in [0.2, 0.25) is 5.91 Å². The van der Waals surface area contributed by atoms with Gasteiger partial charge in [0.15, 0.2) is 17.3 Å². The summed E-state index contributed by atoms with van der Waals surface area (Å²) in [4.78, 5) is 148. The third-order valence-corrected chi connectivity index (χ3v) is 25.3. The zero-order chi connectivity index (χ0) is 95.5. The zero-order valence-electron chi connectivity index (χ0n) is 78.6. The summed E-state index contributed by atoms with van der Waals surface area (Å²) in [6.45, 7) is 22.2. The first-order chi connectivity index (χ1) is 64.7. The minimum atomic E-state index is -0.446. The van der Waals surface area contributed by atoms with Crippen LogP contribution in [-0.2, 0) is 44.5 Å². The SMILES string of the molecule is C=CC(=O)Nc1cc(C(=O)CC2CCN(C)CC2)ccc1Cc1ncc(C)c(N2CCN(C(=O)Nc3ccc(C#N)cc3)CC2)n1.CO.Cc1cnc(Cc2ccc(C(=O)CC3CCN(C)CC3)cc2N)nc1N1CCN(C(=O)Nc2ccc(C#N)cc2)CC1.Cc1cnc(Cc2ccc(C(=O)CC3CCN(C)CC3)cc2[N+](=O)[O-])nc1N1CCN(C(=O)Nc2ccc(C#N)cc2)CC1.[CH3-].[HH].[Pd]. The monoisotopic (exact) mass is 1940 g/mol. The number of nitro benzene ring substituents is 1. The van der Waals surface area contributed by atoms with Crippen LogP contribution in [0.4, 0.5) is 66.0 Å². The van der Waals surface area contributed by atoms with Crippen molar-refractivity contribution in [3.63, 3.8) is 0 Å². The van der Waals surface area contributed by atoms with Crippen LogP contribution in [0.15, 0.2) is 159 Å². The van der Waals surface area contributed by atoms with Crippen LogP contribution in [0, 0.1) is 90.1 Å². The molecule has 6 aliphatic rings. The van der Waals surface area contributed by atoms with Crippen molar-refractivity contribution >= 4 is 92.9 Å². The molecule has 35 heteroatoms. The standard InChI is InChI=1S/C35H40N8O3.C32H36N8O4.C32H38N8O2.CH4O.CH3.Pd.H2/c1-4-33(45)39-30-20-28(31(44)19-25-11-13-41(3)14-12-25)8-7-27(30)21-32-37-23-24(2)34(40-32)42-15-17-43(18-16-42)35(46)38-29-9-5-26(22-36)6-10-29;1-22-21-34-30(19-25-5-6-26(18-28(25)40(43)44)29(41)17-23-9-11-37(2)12-10-23)36-31(22)38-13-15-39(16-14-38)32(42)35-27-7-3-24(20-33)4-8-27;1-22-21-35-30(19-25-5-6-26(18-28(25)34)29(41)17-23-9-11-38(2)12-10-23)37-31(22)39-13-15-40(16-14-39)32(42)36-27-7-3-24(20-33)4-8-27;1-2;;;/h4-10,20,23,25H,1,11-19,21H2,2-3H3,(H,38,46)(H,39,45);3-8,18,21,23H,9-17,19H2,1-2H3,(H,35,42);3-8,18,21,23H,9-17,19,34H2,1-2H3,(H,36,42);2H,1H3;1H3;;1H/q;;;;-1;;. The summed E-state index contributed by atoms with van der Waals surface area (Å²) in [6.07, 6.45) is 15.0. The summed E-state index contributed by atoms with van der Waals surface area (Å²) < 4.78 is 0. The molecule has 7 N–H and O–H groups in total. The number of aliphatic hydroxyl groups excluding tert-OH is 1. The Morgan fingerprint density at radius 2 is 0.743 bits per heavy atom. The molecule has 9 aromatic rings. The Kier molecular flexibility index (Phi) is 38.7. The third-order valence-electron chi connectivity index (χ3n) is 25.3. The number of aromatic nitrogens is 6. The average Bonchev–Trinajstić information content (AvgIpc) is 0.812. The van der Waals surface area contributed by atoms with E-state index in [4.69, 9.17) is 41.6 Å². The van der Waals surface area contributed by atoms with Gasteiger partial charge in [-0.05, 0) is 240 Å². The zero-order valence-corrected chi connectivity index (χ0v) is 80.2. The first-order valence-corrected chi connectivity index (χ1v) is 45.4. The van der Waals surface area contributed by atoms with E-state index in [0.717, 1.165) is 130 Å². The molecule has 0 radical (unpaired) electrons. The van der Waals surface area contributed by atoms with Crippen LogP contribution in [0.5, 0.6) is 0 Å². The van der Waals surface area contributed by atoms with E-state index >= 15 is 0 Å². The van der Waals surface area contributed by atoms with Gasteiger partial charge in [0.25, 0.3) is 5.69 Å². The van der Waals surface area contributed by atoms with Crippen LogP contribution in [0.3, 0.4) is 0 Å². The fourth-order valence-corrected chi connectivity index (χ4v) is 17.1. The predicted molar refractivity (Wildman–Crippen MR) is 524 cm³/mol. The number of amides is 7. The van der Waals surface area contributed by atoms with Crippen molar-refractivity contribution in [3.05, 3.63) is 260 Å². The van der Waals surface area contributed by atoms with Gasteiger partial charge in [0, 0.05) is 238 Å². The molecule has 0 unspecified atom stereocenters. The molecule has 3 aromatic heterocycles. The molecule has 6 saturated heterocycles. The number of piperidine rings is 3. The second kappa shape index (κ2) is 50.5. The summed E-state index contributed by atoms with van der Waals surface area (Å²) in [6, 6.07) is 41.7. The molecule has 6 aliphatic heterocycles. The van der Waals surface area contributed by atoms with E-state index in [9.17, 15) is 43.7 Å². The van der Waals surface area contributed by atoms with Crippen LogP contribution in [0.2, 0.25) is 0 Å². The first kappa shape index (κ1) is 104. The number of nitrogen functional groups attached to an aromatic ring is 1. The molecule has 0 aliphatic carbocycles. The maximum absolute atomic E-state index is 13.2. The first-order valence-electron chi connectivity index (χ1n) is 45.4. The number of nitrogens with zero attached hydrogens (tertiary/aromatic N) is 19. The van der Waals surface area contributed by atoms with E-state index in [0.29, 0.717) is 213 Å². The summed E-state index contributed by atoms with van der Waals surface area (Å²) in [5.41, 5.74) is 17.5. The number of rotatable bonds is 24. The smallest absolute Gasteiger partial charge is 0.321 e. The number of carbonyl (C=O) groups excluding carboxylic acids is 7. The number of likely N-dealkylation sites (tertiary alicyclic amines) is 3. The average molecular weight is 1940 g/mol. The number of nitrogens with two attached hydrogens (primary N) is 1. The second-order valence-corrected chi connectivity index (χ2v) is 34.9. The number of piperazine rings is 3. The van der Waals surface area contributed by atoms with Crippen molar-refractivity contribution < 1.29 is 65.4 Å². The number of nitriles is 3. The van der Waals surface area contributed by atoms with Crippen molar-refractivity contribution in [2.75, 3.05) is 188 Å². The van der Waals surface area contributed by atoms with Crippen molar-refractivity contribution in [1.82, 2.24) is 59.3 Å². The van der Waals surface area contributed by atoms with Gasteiger partial charge in [0.05, 0.1) is 39.8 Å². The predicted octanol–water partition coefficient (Wildman–Crippen LogP) is 13.5. The molecular formula is C101H123N24O10Pd-. The maximum Gasteiger partial charge on any atom is 0.321 e. The van der Waals surface area contributed by atoms with Crippen LogP contribution in [-0.4, -0.2) is 257 Å². The molecular weight excluding hydrogens is 1820 g/mol. The van der Waals surface area contributed by atoms with Crippen molar-refractivity contribution in [2.24, 2.45) is 17.8 Å². The number of hydrogen-bond donors (Lipinski definition) is 6. The maximum atomic E-state index is 13.2. The number of nitro groups is 1. The third kappa shape index (κ3) is 29.1. The molecule has 7 amide bonds. The van der Waals surface area contributed by atoms with Gasteiger partial charge in [-0.25, -0.2) is 44.3 Å². The van der Waals surface area contributed by atoms with Crippen LogP contribution in [0.1, 0.15) is 158 Å². The molecule has 6 fully saturated rings. The molecule has 6 aromatic carbocycles. The van der Waals surface area contributed by atoms with E-state index < -0.39 is 4.92 Å². The topological polar surface area (TPSA) is 435 Å². The number of hydrogen-bond acceptors (Lipinski definition) is 26. The minimum Gasteiger partial charge on any atom is -0.400 e. The largest absolute Gasteiger partial charge is 0.400 e. The number of aryl methyl sites for hydroxylation is 3. The Morgan fingerprint density at radius 1 is 0.449 bits per heavy atom. The van der Waals surface area contributed by atoms with Crippen LogP contribution in [0.25, 0.3) is 0 Å². The Bertz CT molecular complexity index is 5810. The molecule has 136 heavy (non-hydrogen) atoms. The van der Waals surface area contributed by atoms with Gasteiger partial charge < -0.3 is 83.6 Å². The molecule has 0 atom stereocenters. The fourth-order valence-electron chi connectivity index (χ4n) is 17.1. The molecule has 15 rings (SSSR count). The fraction of sp³-hybridized carbons (Fsp3) is 0.396. The number of benzene rings is 6. The van der Waals surface area contributed by atoms with Gasteiger partial charge in [-0.1, -0.05) is 43.0 Å². The Balaban J connectivity index is 0.000000226. The van der Waals surface area contributed by atoms with Crippen molar-refractivity contribution in [3.8, 4) is 18.2 Å². The van der Waals surface area contributed by atoms with Gasteiger partial charge in [-0.15, -0.1) is 0 Å². The Labute approximate surface area is 810 Å². The molecule has 0 saturated carbocycles. The number of anilines is 8. The normalized spacial score (nSPS) is 15.5. The van der Waals surface area contributed by atoms with Gasteiger partial charge >= 0.3 is 18.1 Å². The Morgan fingerprint density at radius 3 is 1.05 bits per heavy atom. The summed E-state index contributed by atoms with van der Waals surface area (Å²) in [5.74, 6) is 5.01. The number of ketones is 3. The van der Waals surface area contributed by atoms with E-state index in [2.05, 4.69) is 112 Å². The van der Waals surface area contributed by atoms with E-state index in [1.165, 1.54) is 12.1 Å². The number of aliphatic hydroxyl groups is 1. The number of nitrogens with one attached hydrogen (secondary N) is 4. The van der Waals surface area contributed by atoms with Crippen molar-refractivity contribution in [1.29, 1.82) is 15.8 Å². The van der Waals surface area contributed by atoms with E-state index in [1.807, 2.05) is 51.2 Å². The quantitative estimate of drug-likeness (QED) is 0.00622. The molecule has 0 spiro atoms. The number of urea groups is 3.